The summed E-state index contributed by atoms with van der Waals surface area (Å²) in [5.41, 5.74) is -0.476. The van der Waals surface area contributed by atoms with Gasteiger partial charge >= 0.3 is 0 Å². The normalized spacial score (nSPS) is 9.94. The average molecular weight is 236 g/mol. The first kappa shape index (κ1) is 13.0. The first-order valence-corrected chi connectivity index (χ1v) is 5.25. The lowest BCUT2D eigenvalue weighted by Crippen LogP contribution is -2.25. The van der Waals surface area contributed by atoms with Gasteiger partial charge in [-0.2, -0.15) is 0 Å². The second-order valence-corrected chi connectivity index (χ2v) is 3.52. The Morgan fingerprint density at radius 2 is 1.65 bits per heavy atom. The van der Waals surface area contributed by atoms with Crippen molar-refractivity contribution in [3.05, 3.63) is 29.3 Å². The SMILES string of the molecule is CCCCOc1cc(C(=O)[O-])cc(C(=O)[O-])c1. The third-order valence-corrected chi connectivity index (χ3v) is 2.14. The van der Waals surface area contributed by atoms with Crippen LogP contribution in [0.4, 0.5) is 0 Å². The summed E-state index contributed by atoms with van der Waals surface area (Å²) in [5, 5.41) is 21.4. The molecule has 0 N–H and O–H groups in total. The topological polar surface area (TPSA) is 89.5 Å². The van der Waals surface area contributed by atoms with E-state index in [-0.39, 0.29) is 16.9 Å². The van der Waals surface area contributed by atoms with Gasteiger partial charge in [-0.3, -0.25) is 0 Å². The van der Waals surface area contributed by atoms with E-state index in [1.807, 2.05) is 6.92 Å². The highest BCUT2D eigenvalue weighted by atomic mass is 16.5. The van der Waals surface area contributed by atoms with Crippen LogP contribution in [-0.4, -0.2) is 18.5 Å². The van der Waals surface area contributed by atoms with Gasteiger partial charge in [-0.05, 0) is 24.6 Å². The molecule has 1 aromatic rings. The van der Waals surface area contributed by atoms with Crippen LogP contribution in [0, 0.1) is 0 Å². The van der Waals surface area contributed by atoms with Crippen molar-refractivity contribution in [1.82, 2.24) is 0 Å². The van der Waals surface area contributed by atoms with Crippen molar-refractivity contribution in [2.75, 3.05) is 6.61 Å². The Balaban J connectivity index is 2.95. The van der Waals surface area contributed by atoms with Crippen molar-refractivity contribution in [3.63, 3.8) is 0 Å². The lowest BCUT2D eigenvalue weighted by molar-refractivity contribution is -0.255. The summed E-state index contributed by atoms with van der Waals surface area (Å²) >= 11 is 0. The number of carbonyl (C=O) groups is 2. The van der Waals surface area contributed by atoms with Gasteiger partial charge in [0.15, 0.2) is 0 Å². The van der Waals surface area contributed by atoms with E-state index in [2.05, 4.69) is 0 Å². The summed E-state index contributed by atoms with van der Waals surface area (Å²) < 4.78 is 5.25. The molecular weight excluding hydrogens is 224 g/mol. The van der Waals surface area contributed by atoms with Crippen LogP contribution in [0.3, 0.4) is 0 Å². The van der Waals surface area contributed by atoms with Gasteiger partial charge in [0.05, 0.1) is 18.5 Å². The van der Waals surface area contributed by atoms with Crippen molar-refractivity contribution >= 4 is 11.9 Å². The molecule has 0 saturated heterocycles. The summed E-state index contributed by atoms with van der Waals surface area (Å²) in [6.07, 6.45) is 1.73. The minimum Gasteiger partial charge on any atom is -0.545 e. The van der Waals surface area contributed by atoms with E-state index in [0.717, 1.165) is 18.9 Å². The largest absolute Gasteiger partial charge is 0.545 e. The molecule has 0 heterocycles. The Kier molecular flexibility index (Phi) is 4.51. The smallest absolute Gasteiger partial charge is 0.120 e. The monoisotopic (exact) mass is 236 g/mol. The maximum atomic E-state index is 10.7. The maximum absolute atomic E-state index is 10.7. The van der Waals surface area contributed by atoms with Gasteiger partial charge in [0.2, 0.25) is 0 Å². The van der Waals surface area contributed by atoms with Gasteiger partial charge in [0.1, 0.15) is 5.75 Å². The van der Waals surface area contributed by atoms with E-state index in [1.165, 1.54) is 12.1 Å². The number of ether oxygens (including phenoxy) is 1. The highest BCUT2D eigenvalue weighted by Gasteiger charge is 2.04. The van der Waals surface area contributed by atoms with Crippen LogP contribution in [-0.2, 0) is 0 Å². The molecule has 0 radical (unpaired) electrons. The number of hydrogen-bond acceptors (Lipinski definition) is 5. The summed E-state index contributed by atoms with van der Waals surface area (Å²) in [6, 6.07) is 3.45. The Morgan fingerprint density at radius 1 is 1.12 bits per heavy atom. The average Bonchev–Trinajstić information content (AvgIpc) is 2.29. The molecule has 92 valence electrons. The fraction of sp³-hybridized carbons (Fsp3) is 0.333. The fourth-order valence-electron chi connectivity index (χ4n) is 1.25. The first-order valence-electron chi connectivity index (χ1n) is 5.25. The zero-order chi connectivity index (χ0) is 12.8. The van der Waals surface area contributed by atoms with Gasteiger partial charge in [-0.25, -0.2) is 0 Å². The maximum Gasteiger partial charge on any atom is 0.120 e. The Morgan fingerprint density at radius 3 is 2.06 bits per heavy atom. The molecule has 0 aliphatic heterocycles. The summed E-state index contributed by atoms with van der Waals surface area (Å²) in [7, 11) is 0. The predicted molar refractivity (Wildman–Crippen MR) is 55.5 cm³/mol. The van der Waals surface area contributed by atoms with Crippen LogP contribution >= 0.6 is 0 Å². The number of aromatic carboxylic acids is 2. The van der Waals surface area contributed by atoms with E-state index >= 15 is 0 Å². The quantitative estimate of drug-likeness (QED) is 0.626. The van der Waals surface area contributed by atoms with Gasteiger partial charge < -0.3 is 24.5 Å². The molecule has 0 aromatic heterocycles. The number of unbranched alkanes of at least 4 members (excludes halogenated alkanes) is 1. The zero-order valence-electron chi connectivity index (χ0n) is 9.39. The van der Waals surface area contributed by atoms with E-state index < -0.39 is 11.9 Å². The molecule has 0 amide bonds. The number of carboxylic acid groups (broad SMARTS) is 2. The van der Waals surface area contributed by atoms with Crippen molar-refractivity contribution in [1.29, 1.82) is 0 Å². The third-order valence-electron chi connectivity index (χ3n) is 2.14. The highest BCUT2D eigenvalue weighted by Crippen LogP contribution is 2.17. The van der Waals surface area contributed by atoms with Crippen molar-refractivity contribution in [2.24, 2.45) is 0 Å². The molecule has 0 spiro atoms. The van der Waals surface area contributed by atoms with Crippen molar-refractivity contribution < 1.29 is 24.5 Å². The van der Waals surface area contributed by atoms with E-state index in [1.54, 1.807) is 0 Å². The predicted octanol–water partition coefficient (Wildman–Crippen LogP) is -0.407. The molecule has 0 atom stereocenters. The van der Waals surface area contributed by atoms with Crippen LogP contribution < -0.4 is 14.9 Å². The van der Waals surface area contributed by atoms with Crippen molar-refractivity contribution in [2.45, 2.75) is 19.8 Å². The minimum absolute atomic E-state index is 0.194. The number of hydrogen-bond donors (Lipinski definition) is 0. The molecular formula is C12H12O5-2. The van der Waals surface area contributed by atoms with Crippen LogP contribution in [0.2, 0.25) is 0 Å². The molecule has 0 unspecified atom stereocenters. The lowest BCUT2D eigenvalue weighted by atomic mass is 10.1. The van der Waals surface area contributed by atoms with Gasteiger partial charge in [-0.1, -0.05) is 13.3 Å². The molecule has 1 aromatic carbocycles. The minimum atomic E-state index is -1.45. The summed E-state index contributed by atoms with van der Waals surface area (Å²) in [6.45, 7) is 2.38. The fourth-order valence-corrected chi connectivity index (χ4v) is 1.25. The van der Waals surface area contributed by atoms with Gasteiger partial charge in [0.25, 0.3) is 0 Å². The van der Waals surface area contributed by atoms with E-state index in [4.69, 9.17) is 4.74 Å². The van der Waals surface area contributed by atoms with Crippen LogP contribution in [0.5, 0.6) is 5.75 Å². The van der Waals surface area contributed by atoms with Gasteiger partial charge in [-0.15, -0.1) is 0 Å². The summed E-state index contributed by atoms with van der Waals surface area (Å²) in [4.78, 5) is 21.4. The molecule has 0 aliphatic carbocycles. The zero-order valence-corrected chi connectivity index (χ0v) is 9.39. The van der Waals surface area contributed by atoms with E-state index in [0.29, 0.717) is 6.61 Å². The first-order chi connectivity index (χ1) is 8.04. The van der Waals surface area contributed by atoms with Gasteiger partial charge in [0, 0.05) is 11.1 Å². The molecule has 1 rings (SSSR count). The summed E-state index contributed by atoms with van der Waals surface area (Å²) in [5.74, 6) is -2.71. The number of rotatable bonds is 6. The highest BCUT2D eigenvalue weighted by molar-refractivity contribution is 5.92. The number of benzene rings is 1. The van der Waals surface area contributed by atoms with Crippen molar-refractivity contribution in [3.8, 4) is 5.75 Å². The second kappa shape index (κ2) is 5.89. The third kappa shape index (κ3) is 3.79. The molecule has 0 aliphatic rings. The molecule has 0 fully saturated rings. The molecule has 17 heavy (non-hydrogen) atoms. The Hall–Kier alpha value is -2.04. The second-order valence-electron chi connectivity index (χ2n) is 3.52. The number of carboxylic acids is 2. The molecule has 0 bridgehead atoms. The Bertz CT molecular complexity index is 393. The molecule has 5 nitrogen and oxygen atoms in total. The molecule has 5 heteroatoms. The van der Waals surface area contributed by atoms with Crippen LogP contribution in [0.15, 0.2) is 18.2 Å². The molecule has 0 saturated carbocycles. The Labute approximate surface area is 98.6 Å². The number of carbonyl (C=O) groups excluding carboxylic acids is 2. The van der Waals surface area contributed by atoms with Crippen LogP contribution in [0.25, 0.3) is 0 Å². The van der Waals surface area contributed by atoms with Crippen LogP contribution in [0.1, 0.15) is 40.5 Å². The lowest BCUT2D eigenvalue weighted by Gasteiger charge is -2.12. The standard InChI is InChI=1S/C12H14O5/c1-2-3-4-17-10-6-8(11(13)14)5-9(7-10)12(15)16/h5-7H,2-4H2,1H3,(H,13,14)(H,15,16)/p-2. The van der Waals surface area contributed by atoms with E-state index in [9.17, 15) is 19.8 Å².